The van der Waals surface area contributed by atoms with E-state index in [4.69, 9.17) is 8.85 Å². The van der Waals surface area contributed by atoms with E-state index in [1.807, 2.05) is 5.70 Å². The minimum absolute atomic E-state index is 0.726. The van der Waals surface area contributed by atoms with Crippen molar-refractivity contribution in [1.82, 2.24) is 0 Å². The lowest BCUT2D eigenvalue weighted by molar-refractivity contribution is 0.186. The van der Waals surface area contributed by atoms with Gasteiger partial charge in [0.2, 0.25) is 0 Å². The summed E-state index contributed by atoms with van der Waals surface area (Å²) in [5, 5.41) is 3.62. The number of fused-ring (bicyclic) bond motifs is 1. The van der Waals surface area contributed by atoms with Gasteiger partial charge in [0.1, 0.15) is 0 Å². The van der Waals surface area contributed by atoms with Crippen molar-refractivity contribution in [3.8, 4) is 0 Å². The van der Waals surface area contributed by atoms with Crippen LogP contribution in [-0.4, -0.2) is 21.8 Å². The topological polar surface area (TPSA) is 18.5 Å². The zero-order valence-electron chi connectivity index (χ0n) is 14.4. The highest BCUT2D eigenvalue weighted by molar-refractivity contribution is 6.87. The first kappa shape index (κ1) is 17.9. The molecule has 124 valence electrons. The van der Waals surface area contributed by atoms with Gasteiger partial charge in [0.05, 0.1) is 0 Å². The Hall–Kier alpha value is -1.42. The zero-order chi connectivity index (χ0) is 16.5. The normalized spacial score (nSPS) is 11.7. The molecule has 2 rings (SSSR count). The predicted molar refractivity (Wildman–Crippen MR) is 101 cm³/mol. The molecule has 0 unspecified atom stereocenters. The minimum Gasteiger partial charge on any atom is -0.388 e. The molecule has 0 fully saturated rings. The second-order valence-corrected chi connectivity index (χ2v) is 8.66. The van der Waals surface area contributed by atoms with Crippen LogP contribution in [0, 0.1) is 0 Å². The van der Waals surface area contributed by atoms with Gasteiger partial charge in [-0.2, -0.15) is 0 Å². The molecule has 0 spiro atoms. The van der Waals surface area contributed by atoms with E-state index < -0.39 is 8.56 Å². The highest BCUT2D eigenvalue weighted by Gasteiger charge is 2.38. The molecule has 0 bridgehead atoms. The standard InChI is InChI=1S/C20H28O2Si/c1-4-7-16-21-23(6-3,22-17-8-5-2)20-15-11-13-18-12-9-10-14-19(18)20/h6,9-15H,3-5,7-8,16-17H2,1-2H3. The molecular weight excluding hydrogens is 300 g/mol. The Balaban J connectivity index is 2.42. The molecule has 0 aromatic heterocycles. The summed E-state index contributed by atoms with van der Waals surface area (Å²) < 4.78 is 12.7. The third kappa shape index (κ3) is 4.31. The van der Waals surface area contributed by atoms with Crippen LogP contribution in [0.3, 0.4) is 0 Å². The molecule has 2 nitrogen and oxygen atoms in total. The molecule has 0 aliphatic heterocycles. The zero-order valence-corrected chi connectivity index (χ0v) is 15.4. The van der Waals surface area contributed by atoms with Gasteiger partial charge < -0.3 is 8.85 Å². The third-order valence-corrected chi connectivity index (χ3v) is 7.05. The van der Waals surface area contributed by atoms with E-state index in [2.05, 4.69) is 62.9 Å². The summed E-state index contributed by atoms with van der Waals surface area (Å²) >= 11 is 0. The molecule has 0 aliphatic rings. The number of unbranched alkanes of at least 4 members (excludes halogenated alkanes) is 2. The Morgan fingerprint density at radius 1 is 0.913 bits per heavy atom. The summed E-state index contributed by atoms with van der Waals surface area (Å²) in [6.07, 6.45) is 4.33. The average Bonchev–Trinajstić information content (AvgIpc) is 2.60. The van der Waals surface area contributed by atoms with Crippen LogP contribution in [0.5, 0.6) is 0 Å². The van der Waals surface area contributed by atoms with Crippen molar-refractivity contribution in [1.29, 1.82) is 0 Å². The van der Waals surface area contributed by atoms with Crippen LogP contribution in [-0.2, 0) is 8.85 Å². The van der Waals surface area contributed by atoms with Crippen molar-refractivity contribution < 1.29 is 8.85 Å². The molecule has 2 aromatic carbocycles. The number of hydrogen-bond donors (Lipinski definition) is 0. The summed E-state index contributed by atoms with van der Waals surface area (Å²) in [5.41, 5.74) is 1.94. The Bertz CT molecular complexity index is 609. The molecule has 23 heavy (non-hydrogen) atoms. The third-order valence-electron chi connectivity index (χ3n) is 4.06. The van der Waals surface area contributed by atoms with Crippen LogP contribution in [0.25, 0.3) is 10.8 Å². The van der Waals surface area contributed by atoms with Gasteiger partial charge in [0.25, 0.3) is 0 Å². The van der Waals surface area contributed by atoms with Crippen LogP contribution >= 0.6 is 0 Å². The van der Waals surface area contributed by atoms with Gasteiger partial charge in [-0.3, -0.25) is 0 Å². The van der Waals surface area contributed by atoms with E-state index in [0.29, 0.717) is 0 Å². The lowest BCUT2D eigenvalue weighted by atomic mass is 10.1. The molecular formula is C20H28O2Si. The quantitative estimate of drug-likeness (QED) is 0.458. The minimum atomic E-state index is -2.62. The van der Waals surface area contributed by atoms with Gasteiger partial charge in [0.15, 0.2) is 0 Å². The molecule has 0 N–H and O–H groups in total. The molecule has 0 radical (unpaired) electrons. The highest BCUT2D eigenvalue weighted by Crippen LogP contribution is 2.19. The predicted octanol–water partition coefficient (Wildman–Crippen LogP) is 4.85. The Labute approximate surface area is 141 Å². The highest BCUT2D eigenvalue weighted by atomic mass is 28.4. The van der Waals surface area contributed by atoms with E-state index in [1.165, 1.54) is 16.0 Å². The van der Waals surface area contributed by atoms with Gasteiger partial charge in [-0.1, -0.05) is 69.2 Å². The van der Waals surface area contributed by atoms with E-state index in [0.717, 1.165) is 38.9 Å². The molecule has 0 atom stereocenters. The largest absolute Gasteiger partial charge is 0.399 e. The number of rotatable bonds is 10. The van der Waals surface area contributed by atoms with Crippen LogP contribution in [0.2, 0.25) is 0 Å². The van der Waals surface area contributed by atoms with Gasteiger partial charge in [0, 0.05) is 18.4 Å². The van der Waals surface area contributed by atoms with Crippen LogP contribution in [0.15, 0.2) is 54.7 Å². The first-order valence-corrected chi connectivity index (χ1v) is 10.6. The molecule has 0 amide bonds. The Kier molecular flexibility index (Phi) is 7.03. The number of benzene rings is 2. The van der Waals surface area contributed by atoms with Crippen molar-refractivity contribution in [2.24, 2.45) is 0 Å². The van der Waals surface area contributed by atoms with Crippen molar-refractivity contribution in [3.05, 3.63) is 54.7 Å². The Morgan fingerprint density at radius 2 is 1.52 bits per heavy atom. The monoisotopic (exact) mass is 328 g/mol. The van der Waals surface area contributed by atoms with E-state index >= 15 is 0 Å². The van der Waals surface area contributed by atoms with Crippen molar-refractivity contribution in [2.75, 3.05) is 13.2 Å². The van der Waals surface area contributed by atoms with Crippen molar-refractivity contribution >= 4 is 24.5 Å². The molecule has 2 aromatic rings. The SMILES string of the molecule is C=C[Si](OCCCC)(OCCCC)c1cccc2ccccc12. The molecule has 3 heteroatoms. The summed E-state index contributed by atoms with van der Waals surface area (Å²) in [6, 6.07) is 14.8. The van der Waals surface area contributed by atoms with Gasteiger partial charge in [-0.05, 0) is 29.3 Å². The van der Waals surface area contributed by atoms with Crippen molar-refractivity contribution in [2.45, 2.75) is 39.5 Å². The summed E-state index contributed by atoms with van der Waals surface area (Å²) in [5.74, 6) is 0. The smallest absolute Gasteiger partial charge is 0.388 e. The molecule has 0 aliphatic carbocycles. The van der Waals surface area contributed by atoms with E-state index in [9.17, 15) is 0 Å². The lowest BCUT2D eigenvalue weighted by Crippen LogP contribution is -2.53. The second kappa shape index (κ2) is 9.01. The van der Waals surface area contributed by atoms with Gasteiger partial charge >= 0.3 is 8.56 Å². The second-order valence-electron chi connectivity index (χ2n) is 5.80. The van der Waals surface area contributed by atoms with Gasteiger partial charge in [-0.15, -0.1) is 6.58 Å². The first-order chi connectivity index (χ1) is 11.3. The summed E-state index contributed by atoms with van der Waals surface area (Å²) in [6.45, 7) is 9.89. The van der Waals surface area contributed by atoms with E-state index in [1.54, 1.807) is 0 Å². The summed E-state index contributed by atoms with van der Waals surface area (Å²) in [4.78, 5) is 0. The van der Waals surface area contributed by atoms with Crippen molar-refractivity contribution in [3.63, 3.8) is 0 Å². The maximum absolute atomic E-state index is 6.36. The fourth-order valence-corrected chi connectivity index (χ4v) is 5.37. The van der Waals surface area contributed by atoms with Gasteiger partial charge in [-0.25, -0.2) is 0 Å². The first-order valence-electron chi connectivity index (χ1n) is 8.67. The maximum atomic E-state index is 6.36. The summed E-state index contributed by atoms with van der Waals surface area (Å²) in [7, 11) is -2.62. The fourth-order valence-electron chi connectivity index (χ4n) is 2.69. The molecule has 0 heterocycles. The average molecular weight is 329 g/mol. The lowest BCUT2D eigenvalue weighted by Gasteiger charge is -2.29. The van der Waals surface area contributed by atoms with Crippen LogP contribution in [0.1, 0.15) is 39.5 Å². The van der Waals surface area contributed by atoms with E-state index in [-0.39, 0.29) is 0 Å². The Morgan fingerprint density at radius 3 is 2.13 bits per heavy atom. The maximum Gasteiger partial charge on any atom is 0.399 e. The molecule has 0 saturated carbocycles. The van der Waals surface area contributed by atoms with Crippen LogP contribution in [0.4, 0.5) is 0 Å². The fraction of sp³-hybridized carbons (Fsp3) is 0.400. The van der Waals surface area contributed by atoms with Crippen LogP contribution < -0.4 is 5.19 Å². The molecule has 0 saturated heterocycles. The number of hydrogen-bond acceptors (Lipinski definition) is 2.